The largest absolute Gasteiger partial charge is 0.496 e. The van der Waals surface area contributed by atoms with Crippen molar-refractivity contribution < 1.29 is 4.74 Å². The Balaban J connectivity index is 2.11. The summed E-state index contributed by atoms with van der Waals surface area (Å²) in [5.41, 5.74) is 1.11. The van der Waals surface area contributed by atoms with Gasteiger partial charge in [-0.25, -0.2) is 0 Å². The summed E-state index contributed by atoms with van der Waals surface area (Å²) < 4.78 is 5.27. The molecule has 2 heterocycles. The topological polar surface area (TPSA) is 34.2 Å². The van der Waals surface area contributed by atoms with E-state index in [1.165, 1.54) is 4.88 Å². The molecule has 0 fully saturated rings. The lowest BCUT2D eigenvalue weighted by Crippen LogP contribution is -2.23. The van der Waals surface area contributed by atoms with Crippen molar-refractivity contribution in [2.24, 2.45) is 0 Å². The van der Waals surface area contributed by atoms with Crippen molar-refractivity contribution in [2.45, 2.75) is 25.8 Å². The van der Waals surface area contributed by atoms with Crippen molar-refractivity contribution >= 4 is 11.3 Å². The Morgan fingerprint density at radius 3 is 2.95 bits per heavy atom. The lowest BCUT2D eigenvalue weighted by atomic mass is 10.1. The highest BCUT2D eigenvalue weighted by molar-refractivity contribution is 7.10. The van der Waals surface area contributed by atoms with Crippen LogP contribution in [0.15, 0.2) is 35.8 Å². The summed E-state index contributed by atoms with van der Waals surface area (Å²) in [6, 6.07) is 8.48. The number of rotatable bonds is 7. The third-order valence-electron chi connectivity index (χ3n) is 2.95. The SMILES string of the molecule is CCCNC(Cc1ccccn1)c1cc(OC)cs1. The molecular formula is C15H20N2OS. The Kier molecular flexibility index (Phi) is 5.36. The molecule has 0 aliphatic carbocycles. The first-order valence-corrected chi connectivity index (χ1v) is 7.47. The van der Waals surface area contributed by atoms with Gasteiger partial charge in [0.2, 0.25) is 0 Å². The molecule has 102 valence electrons. The summed E-state index contributed by atoms with van der Waals surface area (Å²) in [6.07, 6.45) is 3.88. The number of aromatic nitrogens is 1. The van der Waals surface area contributed by atoms with E-state index in [-0.39, 0.29) is 0 Å². The van der Waals surface area contributed by atoms with Crippen LogP contribution >= 0.6 is 11.3 Å². The maximum absolute atomic E-state index is 5.27. The van der Waals surface area contributed by atoms with E-state index < -0.39 is 0 Å². The van der Waals surface area contributed by atoms with Gasteiger partial charge >= 0.3 is 0 Å². The van der Waals surface area contributed by atoms with Crippen LogP contribution < -0.4 is 10.1 Å². The van der Waals surface area contributed by atoms with Gasteiger partial charge < -0.3 is 10.1 Å². The van der Waals surface area contributed by atoms with Crippen LogP contribution in [0, 0.1) is 0 Å². The molecule has 0 aliphatic rings. The molecule has 0 amide bonds. The normalized spacial score (nSPS) is 12.3. The zero-order valence-electron chi connectivity index (χ0n) is 11.4. The molecule has 2 rings (SSSR count). The van der Waals surface area contributed by atoms with E-state index in [0.29, 0.717) is 6.04 Å². The highest BCUT2D eigenvalue weighted by Crippen LogP contribution is 2.28. The van der Waals surface area contributed by atoms with E-state index in [1.54, 1.807) is 18.4 Å². The van der Waals surface area contributed by atoms with Gasteiger partial charge in [0, 0.05) is 34.6 Å². The van der Waals surface area contributed by atoms with Crippen molar-refractivity contribution in [2.75, 3.05) is 13.7 Å². The van der Waals surface area contributed by atoms with Gasteiger partial charge in [-0.3, -0.25) is 4.98 Å². The van der Waals surface area contributed by atoms with Gasteiger partial charge in [-0.05, 0) is 31.2 Å². The molecule has 0 aromatic carbocycles. The first-order valence-electron chi connectivity index (χ1n) is 6.59. The van der Waals surface area contributed by atoms with Crippen molar-refractivity contribution in [3.05, 3.63) is 46.4 Å². The zero-order valence-corrected chi connectivity index (χ0v) is 12.2. The Morgan fingerprint density at radius 1 is 1.42 bits per heavy atom. The quantitative estimate of drug-likeness (QED) is 0.841. The second kappa shape index (κ2) is 7.26. The molecule has 0 radical (unpaired) electrons. The van der Waals surface area contributed by atoms with E-state index in [0.717, 1.165) is 30.8 Å². The Labute approximate surface area is 118 Å². The van der Waals surface area contributed by atoms with Gasteiger partial charge in [0.25, 0.3) is 0 Å². The molecule has 2 aromatic rings. The summed E-state index contributed by atoms with van der Waals surface area (Å²) >= 11 is 1.74. The molecule has 1 atom stereocenters. The molecule has 0 saturated carbocycles. The number of thiophene rings is 1. The highest BCUT2D eigenvalue weighted by atomic mass is 32.1. The van der Waals surface area contributed by atoms with Crippen LogP contribution in [-0.4, -0.2) is 18.6 Å². The maximum atomic E-state index is 5.27. The number of hydrogen-bond donors (Lipinski definition) is 1. The third kappa shape index (κ3) is 4.04. The van der Waals surface area contributed by atoms with Crippen LogP contribution in [0.2, 0.25) is 0 Å². The average molecular weight is 276 g/mol. The second-order valence-electron chi connectivity index (χ2n) is 4.42. The monoisotopic (exact) mass is 276 g/mol. The van der Waals surface area contributed by atoms with Crippen LogP contribution in [0.5, 0.6) is 5.75 Å². The minimum Gasteiger partial charge on any atom is -0.496 e. The first-order chi connectivity index (χ1) is 9.33. The van der Waals surface area contributed by atoms with E-state index in [1.807, 2.05) is 23.7 Å². The van der Waals surface area contributed by atoms with Gasteiger partial charge in [0.15, 0.2) is 0 Å². The van der Waals surface area contributed by atoms with Crippen molar-refractivity contribution in [3.8, 4) is 5.75 Å². The van der Waals surface area contributed by atoms with Crippen molar-refractivity contribution in [3.63, 3.8) is 0 Å². The molecule has 0 spiro atoms. The fourth-order valence-corrected chi connectivity index (χ4v) is 2.88. The lowest BCUT2D eigenvalue weighted by Gasteiger charge is -2.16. The Bertz CT molecular complexity index is 484. The molecule has 1 unspecified atom stereocenters. The predicted molar refractivity (Wildman–Crippen MR) is 79.8 cm³/mol. The van der Waals surface area contributed by atoms with Crippen LogP contribution in [0.3, 0.4) is 0 Å². The van der Waals surface area contributed by atoms with Crippen LogP contribution in [-0.2, 0) is 6.42 Å². The molecule has 2 aromatic heterocycles. The number of ether oxygens (including phenoxy) is 1. The Hall–Kier alpha value is -1.39. The molecule has 0 bridgehead atoms. The fraction of sp³-hybridized carbons (Fsp3) is 0.400. The predicted octanol–water partition coefficient (Wildman–Crippen LogP) is 3.44. The average Bonchev–Trinajstić information content (AvgIpc) is 2.93. The van der Waals surface area contributed by atoms with E-state index in [2.05, 4.69) is 29.4 Å². The van der Waals surface area contributed by atoms with Gasteiger partial charge in [0.1, 0.15) is 5.75 Å². The third-order valence-corrected chi connectivity index (χ3v) is 3.98. The minimum absolute atomic E-state index is 0.309. The summed E-state index contributed by atoms with van der Waals surface area (Å²) in [7, 11) is 1.71. The first kappa shape index (κ1) is 14.0. The molecular weight excluding hydrogens is 256 g/mol. The summed E-state index contributed by atoms with van der Waals surface area (Å²) in [4.78, 5) is 5.71. The highest BCUT2D eigenvalue weighted by Gasteiger charge is 2.14. The summed E-state index contributed by atoms with van der Waals surface area (Å²) in [5.74, 6) is 0.935. The van der Waals surface area contributed by atoms with Crippen molar-refractivity contribution in [1.29, 1.82) is 0 Å². The van der Waals surface area contributed by atoms with Gasteiger partial charge in [-0.1, -0.05) is 13.0 Å². The van der Waals surface area contributed by atoms with Crippen LogP contribution in [0.4, 0.5) is 0 Å². The number of methoxy groups -OCH3 is 1. The maximum Gasteiger partial charge on any atom is 0.129 e. The number of nitrogens with zero attached hydrogens (tertiary/aromatic N) is 1. The lowest BCUT2D eigenvalue weighted by molar-refractivity contribution is 0.415. The van der Waals surface area contributed by atoms with E-state index in [4.69, 9.17) is 4.74 Å². The summed E-state index contributed by atoms with van der Waals surface area (Å²) in [6.45, 7) is 3.19. The molecule has 19 heavy (non-hydrogen) atoms. The van der Waals surface area contributed by atoms with Gasteiger partial charge in [-0.2, -0.15) is 0 Å². The number of nitrogens with one attached hydrogen (secondary N) is 1. The second-order valence-corrected chi connectivity index (χ2v) is 5.36. The van der Waals surface area contributed by atoms with Crippen LogP contribution in [0.1, 0.15) is 30.0 Å². The zero-order chi connectivity index (χ0) is 13.5. The van der Waals surface area contributed by atoms with Gasteiger partial charge in [0.05, 0.1) is 7.11 Å². The molecule has 4 heteroatoms. The minimum atomic E-state index is 0.309. The smallest absolute Gasteiger partial charge is 0.129 e. The molecule has 0 saturated heterocycles. The molecule has 3 nitrogen and oxygen atoms in total. The van der Waals surface area contributed by atoms with Crippen molar-refractivity contribution in [1.82, 2.24) is 10.3 Å². The molecule has 0 aliphatic heterocycles. The fourth-order valence-electron chi connectivity index (χ4n) is 1.94. The van der Waals surface area contributed by atoms with Gasteiger partial charge in [-0.15, -0.1) is 11.3 Å². The van der Waals surface area contributed by atoms with E-state index in [9.17, 15) is 0 Å². The summed E-state index contributed by atoms with van der Waals surface area (Å²) in [5, 5.41) is 5.64. The van der Waals surface area contributed by atoms with Crippen LogP contribution in [0.25, 0.3) is 0 Å². The Morgan fingerprint density at radius 2 is 2.32 bits per heavy atom. The number of hydrogen-bond acceptors (Lipinski definition) is 4. The standard InChI is InChI=1S/C15H20N2OS/c1-3-7-17-14(9-12-6-4-5-8-16-12)15-10-13(18-2)11-19-15/h4-6,8,10-11,14,17H,3,7,9H2,1-2H3. The van der Waals surface area contributed by atoms with E-state index >= 15 is 0 Å². The molecule has 1 N–H and O–H groups in total. The number of pyridine rings is 1.